The summed E-state index contributed by atoms with van der Waals surface area (Å²) in [5.74, 6) is -0.745. The van der Waals surface area contributed by atoms with Crippen LogP contribution in [-0.2, 0) is 9.53 Å². The molecule has 0 saturated carbocycles. The molecular weight excluding hydrogens is 230 g/mol. The molecule has 1 saturated heterocycles. The van der Waals surface area contributed by atoms with Gasteiger partial charge in [0.25, 0.3) is 0 Å². The number of para-hydroxylation sites is 1. The molecule has 0 bridgehead atoms. The van der Waals surface area contributed by atoms with Gasteiger partial charge < -0.3 is 14.7 Å². The average molecular weight is 249 g/mol. The van der Waals surface area contributed by atoms with Crippen LogP contribution < -0.4 is 4.90 Å². The van der Waals surface area contributed by atoms with Gasteiger partial charge in [-0.2, -0.15) is 0 Å². The van der Waals surface area contributed by atoms with Gasteiger partial charge in [-0.05, 0) is 25.0 Å². The van der Waals surface area contributed by atoms with E-state index in [1.165, 1.54) is 11.3 Å². The third-order valence-electron chi connectivity index (χ3n) is 3.34. The average Bonchev–Trinajstić information content (AvgIpc) is 2.37. The summed E-state index contributed by atoms with van der Waals surface area (Å²) in [4.78, 5) is 13.0. The number of nitrogens with zero attached hydrogens (tertiary/aromatic N) is 1. The molecule has 0 aliphatic carbocycles. The highest BCUT2D eigenvalue weighted by Gasteiger charge is 2.24. The molecule has 0 aromatic heterocycles. The second kappa shape index (κ2) is 5.87. The van der Waals surface area contributed by atoms with Crippen LogP contribution in [0.2, 0.25) is 0 Å². The number of rotatable bonds is 4. The zero-order chi connectivity index (χ0) is 13.0. The van der Waals surface area contributed by atoms with Crippen LogP contribution in [0.25, 0.3) is 0 Å². The Bertz CT molecular complexity index is 419. The molecule has 0 spiro atoms. The Hall–Kier alpha value is -1.55. The van der Waals surface area contributed by atoms with Crippen molar-refractivity contribution in [2.75, 3.05) is 24.7 Å². The zero-order valence-electron chi connectivity index (χ0n) is 10.6. The van der Waals surface area contributed by atoms with Crippen molar-refractivity contribution >= 4 is 11.7 Å². The third kappa shape index (κ3) is 3.01. The Kier molecular flexibility index (Phi) is 4.20. The summed E-state index contributed by atoms with van der Waals surface area (Å²) in [6.07, 6.45) is 0.820. The van der Waals surface area contributed by atoms with Crippen LogP contribution in [0.5, 0.6) is 0 Å². The number of carbonyl (C=O) groups is 1. The number of carboxylic acids is 1. The predicted octanol–water partition coefficient (Wildman–Crippen LogP) is 2.07. The molecule has 0 amide bonds. The summed E-state index contributed by atoms with van der Waals surface area (Å²) >= 11 is 0. The number of aryl methyl sites for hydroxylation is 1. The summed E-state index contributed by atoms with van der Waals surface area (Å²) in [6, 6.07) is 8.38. The zero-order valence-corrected chi connectivity index (χ0v) is 10.6. The van der Waals surface area contributed by atoms with Crippen LogP contribution in [0.4, 0.5) is 5.69 Å². The van der Waals surface area contributed by atoms with Crippen molar-refractivity contribution in [3.8, 4) is 0 Å². The van der Waals surface area contributed by atoms with E-state index in [9.17, 15) is 4.79 Å². The Balaban J connectivity index is 2.12. The maximum Gasteiger partial charge on any atom is 0.303 e. The standard InChI is InChI=1S/C14H19NO3/c1-11-4-2-3-5-13(11)15-8-9-18-10-12(15)6-7-14(16)17/h2-5,12H,6-10H2,1H3,(H,16,17). The number of hydrogen-bond donors (Lipinski definition) is 1. The molecule has 1 aromatic carbocycles. The van der Waals surface area contributed by atoms with Crippen molar-refractivity contribution < 1.29 is 14.6 Å². The lowest BCUT2D eigenvalue weighted by Gasteiger charge is -2.38. The molecule has 1 aliphatic rings. The first-order chi connectivity index (χ1) is 8.68. The van der Waals surface area contributed by atoms with Crippen molar-refractivity contribution in [3.05, 3.63) is 29.8 Å². The van der Waals surface area contributed by atoms with Gasteiger partial charge in [-0.1, -0.05) is 18.2 Å². The lowest BCUT2D eigenvalue weighted by atomic mass is 10.1. The molecule has 1 fully saturated rings. The van der Waals surface area contributed by atoms with E-state index in [4.69, 9.17) is 9.84 Å². The fraction of sp³-hybridized carbons (Fsp3) is 0.500. The Morgan fingerprint density at radius 3 is 3.00 bits per heavy atom. The van der Waals surface area contributed by atoms with Crippen LogP contribution in [0.1, 0.15) is 18.4 Å². The number of hydrogen-bond acceptors (Lipinski definition) is 3. The SMILES string of the molecule is Cc1ccccc1N1CCOCC1CCC(=O)O. The molecule has 18 heavy (non-hydrogen) atoms. The predicted molar refractivity (Wildman–Crippen MR) is 70.0 cm³/mol. The van der Waals surface area contributed by atoms with E-state index in [2.05, 4.69) is 24.0 Å². The molecule has 0 radical (unpaired) electrons. The molecule has 1 N–H and O–H groups in total. The number of aliphatic carboxylic acids is 1. The summed E-state index contributed by atoms with van der Waals surface area (Å²) in [5, 5.41) is 8.80. The van der Waals surface area contributed by atoms with Crippen molar-refractivity contribution in [1.29, 1.82) is 0 Å². The van der Waals surface area contributed by atoms with Gasteiger partial charge in [-0.3, -0.25) is 4.79 Å². The minimum absolute atomic E-state index is 0.163. The van der Waals surface area contributed by atoms with Crippen LogP contribution in [-0.4, -0.2) is 36.9 Å². The minimum Gasteiger partial charge on any atom is -0.481 e. The van der Waals surface area contributed by atoms with Crippen molar-refractivity contribution in [1.82, 2.24) is 0 Å². The molecule has 1 aliphatic heterocycles. The monoisotopic (exact) mass is 249 g/mol. The largest absolute Gasteiger partial charge is 0.481 e. The van der Waals surface area contributed by atoms with Crippen LogP contribution in [0, 0.1) is 6.92 Å². The van der Waals surface area contributed by atoms with Crippen molar-refractivity contribution in [2.45, 2.75) is 25.8 Å². The molecule has 1 atom stereocenters. The number of carboxylic acid groups (broad SMARTS) is 1. The topological polar surface area (TPSA) is 49.8 Å². The van der Waals surface area contributed by atoms with Gasteiger partial charge in [0.1, 0.15) is 0 Å². The third-order valence-corrected chi connectivity index (χ3v) is 3.34. The number of benzene rings is 1. The highest BCUT2D eigenvalue weighted by Crippen LogP contribution is 2.25. The maximum absolute atomic E-state index is 10.7. The fourth-order valence-corrected chi connectivity index (χ4v) is 2.39. The van der Waals surface area contributed by atoms with Crippen molar-refractivity contribution in [2.24, 2.45) is 0 Å². The summed E-state index contributed by atoms with van der Waals surface area (Å²) < 4.78 is 5.47. The van der Waals surface area contributed by atoms with E-state index < -0.39 is 5.97 Å². The van der Waals surface area contributed by atoms with Crippen LogP contribution in [0.15, 0.2) is 24.3 Å². The molecular formula is C14H19NO3. The quantitative estimate of drug-likeness (QED) is 0.887. The van der Waals surface area contributed by atoms with E-state index in [1.54, 1.807) is 0 Å². The summed E-state index contributed by atoms with van der Waals surface area (Å²) in [6.45, 7) is 4.23. The number of anilines is 1. The lowest BCUT2D eigenvalue weighted by Crippen LogP contribution is -2.46. The molecule has 98 valence electrons. The minimum atomic E-state index is -0.745. The van der Waals surface area contributed by atoms with Crippen LogP contribution in [0.3, 0.4) is 0 Å². The smallest absolute Gasteiger partial charge is 0.303 e. The first-order valence-electron chi connectivity index (χ1n) is 6.30. The molecule has 4 heteroatoms. The highest BCUT2D eigenvalue weighted by atomic mass is 16.5. The first kappa shape index (κ1) is 12.9. The van der Waals surface area contributed by atoms with Gasteiger partial charge in [0, 0.05) is 18.7 Å². The van der Waals surface area contributed by atoms with Gasteiger partial charge in [-0.15, -0.1) is 0 Å². The van der Waals surface area contributed by atoms with E-state index in [0.29, 0.717) is 19.6 Å². The van der Waals surface area contributed by atoms with E-state index in [-0.39, 0.29) is 12.5 Å². The highest BCUT2D eigenvalue weighted by molar-refractivity contribution is 5.67. The second-order valence-electron chi connectivity index (χ2n) is 4.64. The number of morpholine rings is 1. The molecule has 1 unspecified atom stereocenters. The number of ether oxygens (including phenoxy) is 1. The van der Waals surface area contributed by atoms with E-state index >= 15 is 0 Å². The van der Waals surface area contributed by atoms with Gasteiger partial charge in [-0.25, -0.2) is 0 Å². The Labute approximate surface area is 107 Å². The van der Waals surface area contributed by atoms with Gasteiger partial charge in [0.15, 0.2) is 0 Å². The van der Waals surface area contributed by atoms with Gasteiger partial charge in [0.05, 0.1) is 19.3 Å². The fourth-order valence-electron chi connectivity index (χ4n) is 2.39. The lowest BCUT2D eigenvalue weighted by molar-refractivity contribution is -0.137. The molecule has 1 aromatic rings. The Morgan fingerprint density at radius 2 is 2.28 bits per heavy atom. The van der Waals surface area contributed by atoms with Crippen LogP contribution >= 0.6 is 0 Å². The molecule has 2 rings (SSSR count). The summed E-state index contributed by atoms with van der Waals surface area (Å²) in [5.41, 5.74) is 2.41. The Morgan fingerprint density at radius 1 is 1.50 bits per heavy atom. The normalized spacial score (nSPS) is 19.8. The van der Waals surface area contributed by atoms with E-state index in [0.717, 1.165) is 6.54 Å². The molecule has 4 nitrogen and oxygen atoms in total. The van der Waals surface area contributed by atoms with Gasteiger partial charge >= 0.3 is 5.97 Å². The first-order valence-corrected chi connectivity index (χ1v) is 6.30. The summed E-state index contributed by atoms with van der Waals surface area (Å²) in [7, 11) is 0. The van der Waals surface area contributed by atoms with E-state index in [1.807, 2.05) is 12.1 Å². The second-order valence-corrected chi connectivity index (χ2v) is 4.64. The maximum atomic E-state index is 10.7. The molecule has 1 heterocycles. The van der Waals surface area contributed by atoms with Crippen molar-refractivity contribution in [3.63, 3.8) is 0 Å². The van der Waals surface area contributed by atoms with Gasteiger partial charge in [0.2, 0.25) is 0 Å².